The van der Waals surface area contributed by atoms with Crippen LogP contribution in [-0.2, 0) is 9.47 Å². The maximum Gasteiger partial charge on any atom is 0.414 e. The number of anilines is 2. The molecule has 172 valence electrons. The summed E-state index contributed by atoms with van der Waals surface area (Å²) in [5.74, 6) is -0.344. The summed E-state index contributed by atoms with van der Waals surface area (Å²) < 4.78 is 22.8. The smallest absolute Gasteiger partial charge is 0.414 e. The molecule has 2 unspecified atom stereocenters. The van der Waals surface area contributed by atoms with E-state index in [0.29, 0.717) is 36.6 Å². The summed E-state index contributed by atoms with van der Waals surface area (Å²) in [6.45, 7) is 0.869. The van der Waals surface area contributed by atoms with E-state index in [0.717, 1.165) is 5.69 Å². The highest BCUT2D eigenvalue weighted by atomic mass is 35.5. The molecular weight excluding hydrogens is 443 g/mol. The second-order valence-corrected chi connectivity index (χ2v) is 7.65. The predicted molar refractivity (Wildman–Crippen MR) is 116 cm³/mol. The van der Waals surface area contributed by atoms with E-state index >= 15 is 0 Å². The van der Waals surface area contributed by atoms with Crippen molar-refractivity contribution < 1.29 is 33.7 Å². The number of hydrogen-bond donors (Lipinski definition) is 2. The van der Waals surface area contributed by atoms with E-state index in [1.807, 2.05) is 0 Å². The lowest BCUT2D eigenvalue weighted by atomic mass is 10.2. The van der Waals surface area contributed by atoms with Crippen LogP contribution in [0.5, 0.6) is 0 Å². The highest BCUT2D eigenvalue weighted by Gasteiger charge is 2.32. The third-order valence-electron chi connectivity index (χ3n) is 4.93. The summed E-state index contributed by atoms with van der Waals surface area (Å²) >= 11 is 5.77. The Balaban J connectivity index is 0.000000181. The molecule has 0 bridgehead atoms. The molecule has 0 aromatic heterocycles. The number of carbonyl (C=O) groups excluding carboxylic acids is 2. The van der Waals surface area contributed by atoms with Gasteiger partial charge in [0.1, 0.15) is 18.0 Å². The molecule has 0 aliphatic carbocycles. The van der Waals surface area contributed by atoms with Gasteiger partial charge in [-0.05, 0) is 48.5 Å². The van der Waals surface area contributed by atoms with Gasteiger partial charge in [-0.2, -0.15) is 0 Å². The van der Waals surface area contributed by atoms with Crippen LogP contribution in [-0.4, -0.2) is 60.9 Å². The van der Waals surface area contributed by atoms with Crippen LogP contribution in [0.1, 0.15) is 12.8 Å². The topological polar surface area (TPSA) is 99.5 Å². The van der Waals surface area contributed by atoms with Gasteiger partial charge in [0.2, 0.25) is 0 Å². The van der Waals surface area contributed by atoms with Gasteiger partial charge in [-0.1, -0.05) is 11.6 Å². The number of benzene rings is 2. The Kier molecular flexibility index (Phi) is 8.26. The van der Waals surface area contributed by atoms with E-state index in [2.05, 4.69) is 0 Å². The average molecular weight is 467 g/mol. The molecule has 0 saturated carbocycles. The third-order valence-corrected chi connectivity index (χ3v) is 5.18. The second-order valence-electron chi connectivity index (χ2n) is 7.21. The van der Waals surface area contributed by atoms with Crippen LogP contribution >= 0.6 is 11.6 Å². The number of aliphatic hydroxyl groups is 2. The van der Waals surface area contributed by atoms with Gasteiger partial charge in [0.05, 0.1) is 13.1 Å². The maximum absolute atomic E-state index is 12.7. The van der Waals surface area contributed by atoms with Crippen LogP contribution in [0.4, 0.5) is 25.4 Å². The van der Waals surface area contributed by atoms with Crippen LogP contribution in [0.3, 0.4) is 0 Å². The van der Waals surface area contributed by atoms with Crippen molar-refractivity contribution >= 4 is 35.2 Å². The number of aliphatic hydroxyl groups excluding tert-OH is 2. The molecule has 2 amide bonds. The lowest BCUT2D eigenvalue weighted by Crippen LogP contribution is -2.24. The van der Waals surface area contributed by atoms with Crippen LogP contribution in [0, 0.1) is 5.82 Å². The zero-order chi connectivity index (χ0) is 23.1. The summed E-state index contributed by atoms with van der Waals surface area (Å²) in [5, 5.41) is 18.2. The molecule has 32 heavy (non-hydrogen) atoms. The molecule has 2 N–H and O–H groups in total. The van der Waals surface area contributed by atoms with Crippen LogP contribution < -0.4 is 9.80 Å². The normalized spacial score (nSPS) is 20.0. The largest absolute Gasteiger partial charge is 0.444 e. The first-order valence-electron chi connectivity index (χ1n) is 10.1. The van der Waals surface area contributed by atoms with E-state index in [4.69, 9.17) is 31.3 Å². The number of halogens is 2. The molecule has 0 radical (unpaired) electrons. The minimum atomic E-state index is -0.454. The van der Waals surface area contributed by atoms with Crippen molar-refractivity contribution in [2.24, 2.45) is 0 Å². The monoisotopic (exact) mass is 466 g/mol. The van der Waals surface area contributed by atoms with E-state index in [9.17, 15) is 14.0 Å². The average Bonchev–Trinajstić information content (AvgIpc) is 3.32. The van der Waals surface area contributed by atoms with Gasteiger partial charge in [0.15, 0.2) is 0 Å². The van der Waals surface area contributed by atoms with Gasteiger partial charge in [-0.3, -0.25) is 9.80 Å². The number of nitrogens with zero attached hydrogens (tertiary/aromatic N) is 2. The minimum Gasteiger partial charge on any atom is -0.444 e. The zero-order valence-electron chi connectivity index (χ0n) is 17.2. The molecule has 2 aliphatic rings. The Morgan fingerprint density at radius 3 is 1.62 bits per heavy atom. The van der Waals surface area contributed by atoms with Crippen molar-refractivity contribution in [1.29, 1.82) is 0 Å². The van der Waals surface area contributed by atoms with Crippen molar-refractivity contribution in [2.45, 2.75) is 25.0 Å². The molecular formula is C22H24ClFN2O6. The van der Waals surface area contributed by atoms with Gasteiger partial charge < -0.3 is 19.7 Å². The fourth-order valence-corrected chi connectivity index (χ4v) is 3.42. The Labute approximate surface area is 189 Å². The summed E-state index contributed by atoms with van der Waals surface area (Å²) in [6, 6.07) is 12.6. The summed E-state index contributed by atoms with van der Waals surface area (Å²) in [6.07, 6.45) is -0.458. The maximum atomic E-state index is 12.7. The van der Waals surface area contributed by atoms with E-state index in [1.165, 1.54) is 34.1 Å². The highest BCUT2D eigenvalue weighted by molar-refractivity contribution is 6.30. The van der Waals surface area contributed by atoms with Crippen molar-refractivity contribution in [3.8, 4) is 0 Å². The second kappa shape index (κ2) is 11.1. The molecule has 0 spiro atoms. The molecule has 10 heteroatoms. The van der Waals surface area contributed by atoms with Crippen LogP contribution in [0.2, 0.25) is 5.02 Å². The first kappa shape index (κ1) is 23.8. The van der Waals surface area contributed by atoms with Crippen molar-refractivity contribution in [3.05, 3.63) is 59.4 Å². The molecule has 2 fully saturated rings. The highest BCUT2D eigenvalue weighted by Crippen LogP contribution is 2.24. The Morgan fingerprint density at radius 1 is 0.812 bits per heavy atom. The van der Waals surface area contributed by atoms with Gasteiger partial charge >= 0.3 is 12.2 Å². The number of rotatable bonds is 6. The lowest BCUT2D eigenvalue weighted by molar-refractivity contribution is 0.121. The van der Waals surface area contributed by atoms with Crippen LogP contribution in [0.15, 0.2) is 48.5 Å². The quantitative estimate of drug-likeness (QED) is 0.675. The minimum absolute atomic E-state index is 0.0186. The standard InChI is InChI=1S/C11H12ClNO3.C11H12FNO3/c2*12-8-1-3-9(4-2-8)13-7-10(5-6-14)16-11(13)15/h2*1-4,10,14H,5-7H2. The van der Waals surface area contributed by atoms with E-state index in [1.54, 1.807) is 24.3 Å². The van der Waals surface area contributed by atoms with Crippen molar-refractivity contribution in [3.63, 3.8) is 0 Å². The van der Waals surface area contributed by atoms with E-state index in [-0.39, 0.29) is 37.3 Å². The number of cyclic esters (lactones) is 2. The summed E-state index contributed by atoms with van der Waals surface area (Å²) in [7, 11) is 0. The number of ether oxygens (including phenoxy) is 2. The summed E-state index contributed by atoms with van der Waals surface area (Å²) in [5.41, 5.74) is 1.36. The number of carbonyl (C=O) groups is 2. The number of amides is 2. The van der Waals surface area contributed by atoms with E-state index < -0.39 is 6.09 Å². The van der Waals surface area contributed by atoms with Crippen molar-refractivity contribution in [2.75, 3.05) is 36.1 Å². The lowest BCUT2D eigenvalue weighted by Gasteiger charge is -2.12. The van der Waals surface area contributed by atoms with Crippen LogP contribution in [0.25, 0.3) is 0 Å². The van der Waals surface area contributed by atoms with Gasteiger partial charge in [0, 0.05) is 42.5 Å². The molecule has 2 aromatic rings. The summed E-state index contributed by atoms with van der Waals surface area (Å²) in [4.78, 5) is 26.0. The predicted octanol–water partition coefficient (Wildman–Crippen LogP) is 3.58. The number of hydrogen-bond acceptors (Lipinski definition) is 6. The van der Waals surface area contributed by atoms with Gasteiger partial charge in [-0.15, -0.1) is 0 Å². The molecule has 8 nitrogen and oxygen atoms in total. The molecule has 2 saturated heterocycles. The first-order valence-corrected chi connectivity index (χ1v) is 10.5. The molecule has 2 aromatic carbocycles. The third kappa shape index (κ3) is 6.09. The molecule has 4 rings (SSSR count). The zero-order valence-corrected chi connectivity index (χ0v) is 17.9. The molecule has 2 heterocycles. The fourth-order valence-electron chi connectivity index (χ4n) is 3.30. The SMILES string of the molecule is O=C1OC(CCO)CN1c1ccc(Cl)cc1.O=C1OC(CCO)CN1c1ccc(F)cc1. The molecule has 2 aliphatic heterocycles. The Bertz CT molecular complexity index is 836. The van der Waals surface area contributed by atoms with Gasteiger partial charge in [-0.25, -0.2) is 14.0 Å². The first-order chi connectivity index (χ1) is 15.4. The van der Waals surface area contributed by atoms with Crippen molar-refractivity contribution in [1.82, 2.24) is 0 Å². The Morgan fingerprint density at radius 2 is 1.22 bits per heavy atom. The fraction of sp³-hybridized carbons (Fsp3) is 0.364. The Hall–Kier alpha value is -2.88. The van der Waals surface area contributed by atoms with Gasteiger partial charge in [0.25, 0.3) is 0 Å². The molecule has 2 atom stereocenters.